The molecule has 0 spiro atoms. The highest BCUT2D eigenvalue weighted by atomic mass is 32.2. The lowest BCUT2D eigenvalue weighted by molar-refractivity contribution is 0.468. The van der Waals surface area contributed by atoms with E-state index in [1.807, 2.05) is 19.1 Å². The Morgan fingerprint density at radius 2 is 1.95 bits per heavy atom. The zero-order chi connectivity index (χ0) is 15.1. The van der Waals surface area contributed by atoms with Crippen molar-refractivity contribution in [3.8, 4) is 0 Å². The smallest absolute Gasteiger partial charge is 0.240 e. The molecule has 1 atom stereocenters. The van der Waals surface area contributed by atoms with Gasteiger partial charge >= 0.3 is 0 Å². The second-order valence-electron chi connectivity index (χ2n) is 5.43. The summed E-state index contributed by atoms with van der Waals surface area (Å²) in [5, 5.41) is 3.22. The maximum Gasteiger partial charge on any atom is 0.240 e. The highest BCUT2D eigenvalue weighted by molar-refractivity contribution is 7.89. The highest BCUT2D eigenvalue weighted by Crippen LogP contribution is 2.18. The van der Waals surface area contributed by atoms with Crippen LogP contribution in [0.4, 0.5) is 0 Å². The average molecular weight is 308 g/mol. The van der Waals surface area contributed by atoms with Crippen molar-refractivity contribution in [2.75, 3.05) is 13.1 Å². The Bertz CT molecular complexity index is 564. The van der Waals surface area contributed by atoms with Crippen molar-refractivity contribution in [2.24, 2.45) is 5.92 Å². The van der Waals surface area contributed by atoms with E-state index in [0.717, 1.165) is 37.9 Å². The van der Waals surface area contributed by atoms with Gasteiger partial charge in [-0.1, -0.05) is 31.2 Å². The molecule has 0 aromatic heterocycles. The molecule has 1 aliphatic rings. The maximum atomic E-state index is 12.3. The number of hydrogen-bond donors (Lipinski definition) is 2. The molecule has 5 heteroatoms. The van der Waals surface area contributed by atoms with E-state index in [0.29, 0.717) is 17.4 Å². The van der Waals surface area contributed by atoms with E-state index in [4.69, 9.17) is 0 Å². The Hall–Kier alpha value is -1.17. The molecular weight excluding hydrogens is 284 g/mol. The molecule has 2 rings (SSSR count). The van der Waals surface area contributed by atoms with Crippen LogP contribution >= 0.6 is 0 Å². The Kier molecular flexibility index (Phi) is 5.96. The minimum atomic E-state index is -3.39. The lowest BCUT2D eigenvalue weighted by Crippen LogP contribution is -2.29. The van der Waals surface area contributed by atoms with Crippen LogP contribution in [0.25, 0.3) is 0 Å². The van der Waals surface area contributed by atoms with Crippen LogP contribution in [0.2, 0.25) is 0 Å². The van der Waals surface area contributed by atoms with Gasteiger partial charge in [0.25, 0.3) is 0 Å². The Morgan fingerprint density at radius 1 is 1.19 bits per heavy atom. The molecule has 4 nitrogen and oxygen atoms in total. The second kappa shape index (κ2) is 7.73. The summed E-state index contributed by atoms with van der Waals surface area (Å²) >= 11 is 0. The minimum Gasteiger partial charge on any atom is -0.313 e. The molecule has 0 heterocycles. The maximum absolute atomic E-state index is 12.3. The summed E-state index contributed by atoms with van der Waals surface area (Å²) in [6, 6.07) is 7.08. The number of benzene rings is 1. The molecule has 116 valence electrons. The average Bonchev–Trinajstić information content (AvgIpc) is 2.52. The summed E-state index contributed by atoms with van der Waals surface area (Å²) < 4.78 is 27.2. The molecule has 2 N–H and O–H groups in total. The summed E-state index contributed by atoms with van der Waals surface area (Å²) in [5.41, 5.74) is 1.09. The monoisotopic (exact) mass is 308 g/mol. The predicted molar refractivity (Wildman–Crippen MR) is 85.5 cm³/mol. The number of rotatable bonds is 7. The van der Waals surface area contributed by atoms with Gasteiger partial charge in [0.15, 0.2) is 0 Å². The third-order valence-corrected chi connectivity index (χ3v) is 5.19. The van der Waals surface area contributed by atoms with Gasteiger partial charge < -0.3 is 5.32 Å². The molecule has 1 aromatic carbocycles. The van der Waals surface area contributed by atoms with E-state index in [2.05, 4.69) is 22.2 Å². The molecule has 0 bridgehead atoms. The van der Waals surface area contributed by atoms with E-state index < -0.39 is 10.0 Å². The fourth-order valence-electron chi connectivity index (χ4n) is 2.41. The van der Waals surface area contributed by atoms with Crippen molar-refractivity contribution < 1.29 is 8.42 Å². The van der Waals surface area contributed by atoms with E-state index in [-0.39, 0.29) is 0 Å². The minimum absolute atomic E-state index is 0.342. The molecule has 0 saturated carbocycles. The topological polar surface area (TPSA) is 58.2 Å². The number of allylic oxidation sites excluding steroid dienone is 2. The van der Waals surface area contributed by atoms with Crippen molar-refractivity contribution in [1.29, 1.82) is 0 Å². The Balaban J connectivity index is 1.93. The summed E-state index contributed by atoms with van der Waals surface area (Å²) in [6.45, 7) is 4.23. The molecule has 1 aliphatic carbocycles. The molecule has 0 radical (unpaired) electrons. The van der Waals surface area contributed by atoms with Crippen LogP contribution in [0.3, 0.4) is 0 Å². The van der Waals surface area contributed by atoms with Gasteiger partial charge in [-0.2, -0.15) is 0 Å². The molecular formula is C16H24N2O2S. The summed E-state index contributed by atoms with van der Waals surface area (Å²) in [5.74, 6) is 0.415. The van der Waals surface area contributed by atoms with Crippen molar-refractivity contribution in [2.45, 2.75) is 37.6 Å². The van der Waals surface area contributed by atoms with Crippen molar-refractivity contribution >= 4 is 10.0 Å². The summed E-state index contributed by atoms with van der Waals surface area (Å²) in [4.78, 5) is 0.342. The highest BCUT2D eigenvalue weighted by Gasteiger charge is 2.17. The number of hydrogen-bond acceptors (Lipinski definition) is 3. The predicted octanol–water partition coefficient (Wildman–Crippen LogP) is 2.43. The molecule has 0 amide bonds. The van der Waals surface area contributed by atoms with Gasteiger partial charge in [-0.15, -0.1) is 0 Å². The number of sulfonamides is 1. The van der Waals surface area contributed by atoms with Crippen LogP contribution in [0, 0.1) is 5.92 Å². The Labute approximate surface area is 127 Å². The molecule has 21 heavy (non-hydrogen) atoms. The zero-order valence-corrected chi connectivity index (χ0v) is 13.3. The lowest BCUT2D eigenvalue weighted by Gasteiger charge is -2.18. The fourth-order valence-corrected chi connectivity index (χ4v) is 3.52. The first kappa shape index (κ1) is 16.2. The molecule has 0 saturated heterocycles. The second-order valence-corrected chi connectivity index (χ2v) is 7.19. The van der Waals surface area contributed by atoms with Gasteiger partial charge in [0, 0.05) is 13.1 Å². The third-order valence-electron chi connectivity index (χ3n) is 3.75. The van der Waals surface area contributed by atoms with Crippen LogP contribution in [0.1, 0.15) is 31.7 Å². The largest absolute Gasteiger partial charge is 0.313 e. The van der Waals surface area contributed by atoms with E-state index >= 15 is 0 Å². The first-order chi connectivity index (χ1) is 10.1. The van der Waals surface area contributed by atoms with Crippen molar-refractivity contribution in [3.05, 3.63) is 42.0 Å². The quantitative estimate of drug-likeness (QED) is 0.761. The van der Waals surface area contributed by atoms with Gasteiger partial charge in [0.2, 0.25) is 10.0 Å². The fraction of sp³-hybridized carbons (Fsp3) is 0.500. The first-order valence-corrected chi connectivity index (χ1v) is 9.04. The molecule has 1 unspecified atom stereocenters. The van der Waals surface area contributed by atoms with Crippen LogP contribution in [-0.2, 0) is 16.6 Å². The van der Waals surface area contributed by atoms with Gasteiger partial charge in [-0.3, -0.25) is 0 Å². The summed E-state index contributed by atoms with van der Waals surface area (Å²) in [6.07, 6.45) is 7.36. The molecule has 0 aliphatic heterocycles. The first-order valence-electron chi connectivity index (χ1n) is 7.56. The van der Waals surface area contributed by atoms with Crippen molar-refractivity contribution in [1.82, 2.24) is 10.0 Å². The van der Waals surface area contributed by atoms with Crippen LogP contribution in [-0.4, -0.2) is 21.5 Å². The van der Waals surface area contributed by atoms with E-state index in [9.17, 15) is 8.42 Å². The zero-order valence-electron chi connectivity index (χ0n) is 12.5. The van der Waals surface area contributed by atoms with Crippen LogP contribution in [0.15, 0.2) is 41.3 Å². The Morgan fingerprint density at radius 3 is 2.57 bits per heavy atom. The van der Waals surface area contributed by atoms with E-state index in [1.165, 1.54) is 0 Å². The van der Waals surface area contributed by atoms with E-state index in [1.54, 1.807) is 12.1 Å². The van der Waals surface area contributed by atoms with Crippen LogP contribution in [0.5, 0.6) is 0 Å². The van der Waals surface area contributed by atoms with Gasteiger partial charge in [0.05, 0.1) is 4.90 Å². The van der Waals surface area contributed by atoms with Gasteiger partial charge in [0.1, 0.15) is 0 Å². The lowest BCUT2D eigenvalue weighted by atomic mass is 9.95. The SMILES string of the molecule is CCNCc1ccc(S(=O)(=O)NCC2CC=CCC2)cc1. The third kappa shape index (κ3) is 4.95. The standard InChI is InChI=1S/C16H24N2O2S/c1-2-17-12-15-8-10-16(11-9-15)21(19,20)18-13-14-6-4-3-5-7-14/h3-4,8-11,14,17-18H,2,5-7,12-13H2,1H3. The number of nitrogens with one attached hydrogen (secondary N) is 2. The normalized spacial score (nSPS) is 18.8. The molecule has 1 aromatic rings. The van der Waals surface area contributed by atoms with Gasteiger partial charge in [-0.05, 0) is 49.4 Å². The van der Waals surface area contributed by atoms with Crippen LogP contribution < -0.4 is 10.0 Å². The van der Waals surface area contributed by atoms with Gasteiger partial charge in [-0.25, -0.2) is 13.1 Å². The summed E-state index contributed by atoms with van der Waals surface area (Å²) in [7, 11) is -3.39. The van der Waals surface area contributed by atoms with Crippen molar-refractivity contribution in [3.63, 3.8) is 0 Å². The molecule has 0 fully saturated rings.